The largest absolute Gasteiger partial charge is 0.668 e. The third kappa shape index (κ3) is 237. The number of nitriles is 1. The number of rotatable bonds is 0. The van der Waals surface area contributed by atoms with Crippen LogP contribution in [-0.2, 0) is 0 Å². The Bertz CT molecular complexity index is 75.0. The van der Waals surface area contributed by atoms with Gasteiger partial charge in [-0.1, -0.05) is 0 Å². The van der Waals surface area contributed by atoms with Gasteiger partial charge in [0.05, 0.1) is 0 Å². The molecular weight excluding hydrogens is 132 g/mol. The van der Waals surface area contributed by atoms with Gasteiger partial charge < -0.3 is 24.9 Å². The quantitative estimate of drug-likeness (QED) is 0.136. The van der Waals surface area contributed by atoms with Gasteiger partial charge in [-0.2, -0.15) is 5.26 Å². The van der Waals surface area contributed by atoms with Crippen LogP contribution in [0.3, 0.4) is 0 Å². The van der Waals surface area contributed by atoms with Crippen LogP contribution in [0, 0.1) is 11.5 Å². The van der Waals surface area contributed by atoms with Gasteiger partial charge in [-0.3, -0.25) is 0 Å². The van der Waals surface area contributed by atoms with Gasteiger partial charge in [0.15, 0.2) is 6.19 Å². The molecule has 6 nitrogen and oxygen atoms in total. The Kier molecular flexibility index (Phi) is 5.83. The Morgan fingerprint density at radius 1 is 1.25 bits per heavy atom. The summed E-state index contributed by atoms with van der Waals surface area (Å²) in [6.45, 7) is 0. The first kappa shape index (κ1) is 10.4. The van der Waals surface area contributed by atoms with Crippen LogP contribution in [0.15, 0.2) is 0 Å². The maximum Gasteiger partial charge on any atom is 0.668 e. The monoisotopic (exact) mass is 138 g/mol. The highest BCUT2D eigenvalue weighted by Crippen LogP contribution is 1.67. The zero-order valence-corrected chi connectivity index (χ0v) is 4.81. The van der Waals surface area contributed by atoms with Crippen molar-refractivity contribution in [2.24, 2.45) is 5.73 Å². The summed E-state index contributed by atoms with van der Waals surface area (Å²) in [5.41, 5.74) is 4.15. The summed E-state index contributed by atoms with van der Waals surface area (Å²) in [6, 6.07) is 0. The first-order valence-corrected chi connectivity index (χ1v) is 3.20. The molecule has 7 heteroatoms. The average molecular weight is 138 g/mol. The van der Waals surface area contributed by atoms with E-state index in [0.29, 0.717) is 0 Å². The van der Waals surface area contributed by atoms with Crippen LogP contribution in [0.2, 0.25) is 0 Å². The lowest BCUT2D eigenvalue weighted by atomic mass is 11.5. The molecule has 8 heavy (non-hydrogen) atoms. The molecule has 0 fully saturated rings. The highest BCUT2D eigenvalue weighted by atomic mass is 28.4. The number of nitrogens with two attached hydrogens (primary N) is 1. The zero-order chi connectivity index (χ0) is 7.21. The van der Waals surface area contributed by atoms with Crippen molar-refractivity contribution in [3.63, 3.8) is 0 Å². The minimum Gasteiger partial charge on any atom is -0.368 e. The van der Waals surface area contributed by atoms with Gasteiger partial charge in [0, 0.05) is 0 Å². The topological polar surface area (TPSA) is 131 Å². The molecule has 0 aromatic carbocycles. The van der Waals surface area contributed by atoms with Gasteiger partial charge in [-0.05, 0) is 0 Å². The highest BCUT2D eigenvalue weighted by molar-refractivity contribution is 6.46. The Morgan fingerprint density at radius 3 is 1.25 bits per heavy atom. The Balaban J connectivity index is 0. The first-order chi connectivity index (χ1) is 3.41. The molecule has 0 bridgehead atoms. The van der Waals surface area contributed by atoms with E-state index in [0.717, 1.165) is 0 Å². The summed E-state index contributed by atoms with van der Waals surface area (Å²) >= 11 is 0. The second-order valence-corrected chi connectivity index (χ2v) is 1.93. The number of hydrogen-bond donors (Lipinski definition) is 5. The summed E-state index contributed by atoms with van der Waals surface area (Å²) in [6.07, 6.45) is 1.25. The lowest BCUT2D eigenvalue weighted by Gasteiger charge is -1.91. The van der Waals surface area contributed by atoms with Gasteiger partial charge in [0.1, 0.15) is 0 Å². The van der Waals surface area contributed by atoms with Crippen LogP contribution < -0.4 is 5.73 Å². The smallest absolute Gasteiger partial charge is 0.368 e. The van der Waals surface area contributed by atoms with Gasteiger partial charge in [0.25, 0.3) is 0 Å². The molecule has 0 aliphatic carbocycles. The van der Waals surface area contributed by atoms with E-state index >= 15 is 0 Å². The molecule has 0 saturated carbocycles. The van der Waals surface area contributed by atoms with E-state index in [1.165, 1.54) is 6.19 Å². The fourth-order valence-corrected chi connectivity index (χ4v) is 0. The van der Waals surface area contributed by atoms with Gasteiger partial charge in [-0.25, -0.2) is 0 Å². The minimum atomic E-state index is -4.61. The summed E-state index contributed by atoms with van der Waals surface area (Å²) in [5.74, 6) is 0. The minimum absolute atomic E-state index is 1.25. The molecular formula is CH6N2O4Si. The molecule has 0 aliphatic rings. The summed E-state index contributed by atoms with van der Waals surface area (Å²) < 4.78 is 0. The Labute approximate surface area is 46.5 Å². The molecule has 0 radical (unpaired) electrons. The molecule has 48 valence electrons. The molecule has 0 heterocycles. The van der Waals surface area contributed by atoms with Gasteiger partial charge in [-0.15, -0.1) is 0 Å². The molecule has 0 aliphatic heterocycles. The third-order valence-corrected chi connectivity index (χ3v) is 0. The molecule has 0 unspecified atom stereocenters. The fraction of sp³-hybridized carbons (Fsp3) is 0. The van der Waals surface area contributed by atoms with Crippen molar-refractivity contribution in [1.82, 2.24) is 0 Å². The first-order valence-electron chi connectivity index (χ1n) is 1.41. The van der Waals surface area contributed by atoms with Crippen molar-refractivity contribution in [1.29, 1.82) is 5.26 Å². The van der Waals surface area contributed by atoms with Crippen LogP contribution in [0.25, 0.3) is 0 Å². The average Bonchev–Trinajstić information content (AvgIpc) is 1.27. The molecule has 0 spiro atoms. The number of hydrogen-bond acceptors (Lipinski definition) is 6. The van der Waals surface area contributed by atoms with E-state index in [9.17, 15) is 0 Å². The van der Waals surface area contributed by atoms with E-state index in [1.54, 1.807) is 0 Å². The predicted octanol–water partition coefficient (Wildman–Crippen LogP) is -3.18. The van der Waals surface area contributed by atoms with E-state index < -0.39 is 9.05 Å². The standard InChI is InChI=1S/CH2N2.H4O4Si/c2-1-3;1-5(2,3)4/h2H2;1-4H. The Morgan fingerprint density at radius 2 is 1.25 bits per heavy atom. The van der Waals surface area contributed by atoms with Crippen LogP contribution >= 0.6 is 0 Å². The lowest BCUT2D eigenvalue weighted by Crippen LogP contribution is -2.33. The van der Waals surface area contributed by atoms with E-state index in [-0.39, 0.29) is 0 Å². The second-order valence-electron chi connectivity index (χ2n) is 0.729. The lowest BCUT2D eigenvalue weighted by molar-refractivity contribution is 0.117. The van der Waals surface area contributed by atoms with Crippen LogP contribution in [0.4, 0.5) is 0 Å². The normalized spacial score (nSPS) is 8.38. The van der Waals surface area contributed by atoms with Crippen molar-refractivity contribution in [2.75, 3.05) is 0 Å². The van der Waals surface area contributed by atoms with Crippen molar-refractivity contribution >= 4 is 9.05 Å². The maximum absolute atomic E-state index is 7.33. The SMILES string of the molecule is N#CN.O[Si](O)(O)O. The predicted molar refractivity (Wildman–Crippen MR) is 24.4 cm³/mol. The molecule has 0 rings (SSSR count). The van der Waals surface area contributed by atoms with Crippen LogP contribution in [-0.4, -0.2) is 28.2 Å². The van der Waals surface area contributed by atoms with Gasteiger partial charge in [0.2, 0.25) is 0 Å². The van der Waals surface area contributed by atoms with Crippen LogP contribution in [0.5, 0.6) is 0 Å². The van der Waals surface area contributed by atoms with Crippen LogP contribution in [0.1, 0.15) is 0 Å². The van der Waals surface area contributed by atoms with Crippen molar-refractivity contribution in [3.05, 3.63) is 0 Å². The van der Waals surface area contributed by atoms with E-state index in [4.69, 9.17) is 24.4 Å². The molecule has 0 atom stereocenters. The van der Waals surface area contributed by atoms with Crippen molar-refractivity contribution in [2.45, 2.75) is 0 Å². The zero-order valence-electron chi connectivity index (χ0n) is 3.81. The summed E-state index contributed by atoms with van der Waals surface area (Å²) in [5, 5.41) is 7.10. The van der Waals surface area contributed by atoms with Crippen molar-refractivity contribution < 1.29 is 19.2 Å². The van der Waals surface area contributed by atoms with E-state index in [1.807, 2.05) is 0 Å². The second kappa shape index (κ2) is 4.50. The summed E-state index contributed by atoms with van der Waals surface area (Å²) in [7, 11) is -4.61. The van der Waals surface area contributed by atoms with Crippen molar-refractivity contribution in [3.8, 4) is 6.19 Å². The molecule has 0 saturated heterocycles. The van der Waals surface area contributed by atoms with E-state index in [2.05, 4.69) is 5.73 Å². The fourth-order valence-electron chi connectivity index (χ4n) is 0. The molecule has 0 amide bonds. The molecule has 6 N–H and O–H groups in total. The highest BCUT2D eigenvalue weighted by Gasteiger charge is 2.22. The third-order valence-electron chi connectivity index (χ3n) is 0. The summed E-state index contributed by atoms with van der Waals surface area (Å²) in [4.78, 5) is 29.3. The maximum atomic E-state index is 7.33. The number of nitrogens with zero attached hydrogens (tertiary/aromatic N) is 1. The molecule has 0 aromatic rings. The Hall–Kier alpha value is -0.653. The molecule has 0 aromatic heterocycles. The van der Waals surface area contributed by atoms with Gasteiger partial charge >= 0.3 is 9.05 Å².